The predicted octanol–water partition coefficient (Wildman–Crippen LogP) is 14.5. The van der Waals surface area contributed by atoms with Crippen molar-refractivity contribution in [2.45, 2.75) is 110 Å². The lowest BCUT2D eigenvalue weighted by Crippen LogP contribution is -2.42. The van der Waals surface area contributed by atoms with Gasteiger partial charge >= 0.3 is 11.9 Å². The normalized spacial score (nSPS) is 13.6. The summed E-state index contributed by atoms with van der Waals surface area (Å²) in [6.07, 6.45) is 20.7. The average molecular weight is 954 g/mol. The Balaban J connectivity index is 0.000000249. The Bertz CT molecular complexity index is 1830. The standard InChI is InChI=1S/C25H40O4.C22H17Br3N2/c1-4-6-8-10-12-14-16-20-18-22(24(26)27)23(25(28)29-3)19-21(20)17-15-13-11-9-7-5-2;23-17-4-2-16(3-5-17)22-26(20-10-6-18(24)7-11-20)14-1-15-27(22)21-12-8-19(25)9-13-21/h18-19H,4-17H2,1-3H3,(H,26,27);1-14,22H,15H2. The lowest BCUT2D eigenvalue weighted by atomic mass is 9.91. The van der Waals surface area contributed by atoms with E-state index in [4.69, 9.17) is 4.74 Å². The lowest BCUT2D eigenvalue weighted by Gasteiger charge is -2.43. The molecule has 1 unspecified atom stereocenters. The number of rotatable bonds is 19. The van der Waals surface area contributed by atoms with Gasteiger partial charge in [0.25, 0.3) is 0 Å². The highest BCUT2D eigenvalue weighted by Crippen LogP contribution is 2.37. The van der Waals surface area contributed by atoms with Gasteiger partial charge in [-0.2, -0.15) is 0 Å². The number of anilines is 2. The van der Waals surface area contributed by atoms with Gasteiger partial charge in [-0.1, -0.05) is 138 Å². The number of methoxy groups -OCH3 is 1. The third kappa shape index (κ3) is 13.9. The summed E-state index contributed by atoms with van der Waals surface area (Å²) in [5, 5.41) is 9.58. The molecule has 4 aromatic carbocycles. The Labute approximate surface area is 360 Å². The number of hydrogen-bond acceptors (Lipinski definition) is 5. The highest BCUT2D eigenvalue weighted by atomic mass is 79.9. The van der Waals surface area contributed by atoms with Crippen molar-refractivity contribution < 1.29 is 19.4 Å². The highest BCUT2D eigenvalue weighted by Gasteiger charge is 2.29. The molecule has 1 aliphatic rings. The topological polar surface area (TPSA) is 70.1 Å². The average Bonchev–Trinajstić information content (AvgIpc) is 3.21. The smallest absolute Gasteiger partial charge is 0.338 e. The summed E-state index contributed by atoms with van der Waals surface area (Å²) < 4.78 is 8.08. The molecule has 6 nitrogen and oxygen atoms in total. The van der Waals surface area contributed by atoms with Crippen LogP contribution in [0, 0.1) is 0 Å². The molecule has 4 aromatic rings. The van der Waals surface area contributed by atoms with Crippen LogP contribution in [0.2, 0.25) is 0 Å². The van der Waals surface area contributed by atoms with E-state index < -0.39 is 11.9 Å². The van der Waals surface area contributed by atoms with Gasteiger partial charge in [-0.3, -0.25) is 0 Å². The van der Waals surface area contributed by atoms with Gasteiger partial charge in [0.1, 0.15) is 6.17 Å². The van der Waals surface area contributed by atoms with Crippen molar-refractivity contribution in [3.05, 3.63) is 138 Å². The first-order valence-electron chi connectivity index (χ1n) is 20.1. The zero-order chi connectivity index (χ0) is 40.3. The molecule has 0 bridgehead atoms. The number of halogens is 3. The van der Waals surface area contributed by atoms with Gasteiger partial charge < -0.3 is 19.6 Å². The molecular weight excluding hydrogens is 896 g/mol. The van der Waals surface area contributed by atoms with E-state index in [-0.39, 0.29) is 17.3 Å². The lowest BCUT2D eigenvalue weighted by molar-refractivity contribution is 0.0582. The van der Waals surface area contributed by atoms with Crippen LogP contribution in [0.25, 0.3) is 0 Å². The van der Waals surface area contributed by atoms with Crippen LogP contribution >= 0.6 is 47.8 Å². The molecule has 0 amide bonds. The number of benzene rings is 4. The quantitative estimate of drug-likeness (QED) is 0.0746. The van der Waals surface area contributed by atoms with Gasteiger partial charge in [0, 0.05) is 37.5 Å². The first-order valence-corrected chi connectivity index (χ1v) is 22.5. The van der Waals surface area contributed by atoms with Crippen molar-refractivity contribution in [1.82, 2.24) is 0 Å². The molecule has 0 aliphatic carbocycles. The summed E-state index contributed by atoms with van der Waals surface area (Å²) in [4.78, 5) is 28.6. The predicted molar refractivity (Wildman–Crippen MR) is 243 cm³/mol. The number of esters is 1. The third-order valence-electron chi connectivity index (χ3n) is 10.2. The SMILES string of the molecule is Brc1ccc(C2N(c3ccc(Br)cc3)C=CCN2c2ccc(Br)cc2)cc1.CCCCCCCCc1cc(C(=O)O)c(C(=O)OC)cc1CCCCCCCC. The zero-order valence-electron chi connectivity index (χ0n) is 33.1. The van der Waals surface area contributed by atoms with Crippen molar-refractivity contribution in [3.63, 3.8) is 0 Å². The summed E-state index contributed by atoms with van der Waals surface area (Å²) in [6, 6.07) is 29.0. The molecule has 1 aliphatic heterocycles. The molecule has 5 rings (SSSR count). The zero-order valence-corrected chi connectivity index (χ0v) is 37.9. The van der Waals surface area contributed by atoms with Crippen LogP contribution in [0.1, 0.15) is 134 Å². The maximum atomic E-state index is 12.1. The number of hydrogen-bond donors (Lipinski definition) is 1. The molecule has 0 aromatic heterocycles. The highest BCUT2D eigenvalue weighted by molar-refractivity contribution is 9.11. The van der Waals surface area contributed by atoms with E-state index in [0.29, 0.717) is 0 Å². The number of carbonyl (C=O) groups excluding carboxylic acids is 1. The summed E-state index contributed by atoms with van der Waals surface area (Å²) in [5.74, 6) is -1.64. The summed E-state index contributed by atoms with van der Waals surface area (Å²) >= 11 is 10.6. The number of aryl methyl sites for hydroxylation is 2. The van der Waals surface area contributed by atoms with E-state index in [1.165, 1.54) is 76.1 Å². The van der Waals surface area contributed by atoms with E-state index in [9.17, 15) is 14.7 Å². The third-order valence-corrected chi connectivity index (χ3v) is 11.7. The Morgan fingerprint density at radius 3 is 1.57 bits per heavy atom. The monoisotopic (exact) mass is 950 g/mol. The van der Waals surface area contributed by atoms with Crippen LogP contribution in [0.15, 0.2) is 111 Å². The van der Waals surface area contributed by atoms with E-state index in [2.05, 4.69) is 157 Å². The molecule has 1 heterocycles. The second-order valence-electron chi connectivity index (χ2n) is 14.3. The van der Waals surface area contributed by atoms with Crippen LogP contribution in [0.5, 0.6) is 0 Å². The van der Waals surface area contributed by atoms with Crippen LogP contribution in [0.3, 0.4) is 0 Å². The van der Waals surface area contributed by atoms with Crippen molar-refractivity contribution in [3.8, 4) is 0 Å². The Morgan fingerprint density at radius 2 is 1.09 bits per heavy atom. The Kier molecular flexibility index (Phi) is 19.7. The van der Waals surface area contributed by atoms with Crippen LogP contribution in [-0.2, 0) is 17.6 Å². The number of unbranched alkanes of at least 4 members (excludes halogenated alkanes) is 10. The van der Waals surface area contributed by atoms with E-state index >= 15 is 0 Å². The minimum atomic E-state index is -1.07. The second-order valence-corrected chi connectivity index (χ2v) is 17.1. The Hall–Kier alpha value is -3.40. The molecular formula is C47H57Br3N2O4. The molecule has 0 saturated heterocycles. The molecule has 1 atom stereocenters. The fourth-order valence-electron chi connectivity index (χ4n) is 7.10. The van der Waals surface area contributed by atoms with Crippen molar-refractivity contribution >= 4 is 71.1 Å². The van der Waals surface area contributed by atoms with Crippen LogP contribution in [-0.4, -0.2) is 30.7 Å². The minimum Gasteiger partial charge on any atom is -0.478 e. The summed E-state index contributed by atoms with van der Waals surface area (Å²) in [7, 11) is 1.30. The van der Waals surface area contributed by atoms with Crippen molar-refractivity contribution in [2.75, 3.05) is 23.5 Å². The molecule has 0 fully saturated rings. The molecule has 0 spiro atoms. The number of carboxylic acid groups (broad SMARTS) is 1. The van der Waals surface area contributed by atoms with E-state index in [0.717, 1.165) is 68.9 Å². The van der Waals surface area contributed by atoms with Crippen molar-refractivity contribution in [2.24, 2.45) is 0 Å². The van der Waals surface area contributed by atoms with Gasteiger partial charge in [-0.05, 0) is 121 Å². The molecule has 300 valence electrons. The van der Waals surface area contributed by atoms with Gasteiger partial charge in [-0.15, -0.1) is 0 Å². The Morgan fingerprint density at radius 1 is 0.643 bits per heavy atom. The first-order chi connectivity index (χ1) is 27.2. The number of aromatic carboxylic acids is 1. The maximum Gasteiger partial charge on any atom is 0.338 e. The second kappa shape index (κ2) is 24.4. The van der Waals surface area contributed by atoms with Gasteiger partial charge in [-0.25, -0.2) is 9.59 Å². The fourth-order valence-corrected chi connectivity index (χ4v) is 7.90. The molecule has 1 N–H and O–H groups in total. The van der Waals surface area contributed by atoms with Gasteiger partial charge in [0.15, 0.2) is 0 Å². The molecule has 56 heavy (non-hydrogen) atoms. The summed E-state index contributed by atoms with van der Waals surface area (Å²) in [5.41, 5.74) is 6.02. The van der Waals surface area contributed by atoms with Crippen LogP contribution in [0.4, 0.5) is 11.4 Å². The first kappa shape index (κ1) is 45.3. The van der Waals surface area contributed by atoms with E-state index in [1.54, 1.807) is 12.1 Å². The van der Waals surface area contributed by atoms with Gasteiger partial charge in [0.05, 0.1) is 18.2 Å². The number of ether oxygens (including phenoxy) is 1. The number of carboxylic acids is 1. The molecule has 9 heteroatoms. The largest absolute Gasteiger partial charge is 0.478 e. The minimum absolute atomic E-state index is 0.0597. The fraction of sp³-hybridized carbons (Fsp3) is 0.404. The number of carbonyl (C=O) groups is 2. The van der Waals surface area contributed by atoms with Crippen molar-refractivity contribution in [1.29, 1.82) is 0 Å². The van der Waals surface area contributed by atoms with Crippen LogP contribution < -0.4 is 9.80 Å². The molecule has 0 radical (unpaired) electrons. The maximum absolute atomic E-state index is 12.1. The summed E-state index contributed by atoms with van der Waals surface area (Å²) in [6.45, 7) is 5.28. The van der Waals surface area contributed by atoms with Gasteiger partial charge in [0.2, 0.25) is 0 Å². The molecule has 0 saturated carbocycles. The van der Waals surface area contributed by atoms with E-state index in [1.807, 2.05) is 0 Å². The number of nitrogens with zero attached hydrogens (tertiary/aromatic N) is 2.